The summed E-state index contributed by atoms with van der Waals surface area (Å²) in [4.78, 5) is 0. The van der Waals surface area contributed by atoms with Gasteiger partial charge in [-0.05, 0) is 49.7 Å². The number of rotatable bonds is 5. The summed E-state index contributed by atoms with van der Waals surface area (Å²) in [7, 11) is 0. The van der Waals surface area contributed by atoms with E-state index in [-0.39, 0.29) is 0 Å². The van der Waals surface area contributed by atoms with Gasteiger partial charge >= 0.3 is 0 Å². The number of ether oxygens (including phenoxy) is 1. The van der Waals surface area contributed by atoms with E-state index in [0.29, 0.717) is 0 Å². The molecule has 0 bridgehead atoms. The maximum absolute atomic E-state index is 5.96. The Morgan fingerprint density at radius 3 is 2.42 bits per heavy atom. The van der Waals surface area contributed by atoms with Gasteiger partial charge in [0.25, 0.3) is 0 Å². The minimum atomic E-state index is 0.876. The van der Waals surface area contributed by atoms with E-state index < -0.39 is 0 Å². The highest BCUT2D eigenvalue weighted by Gasteiger charge is 2.03. The van der Waals surface area contributed by atoms with Crippen LogP contribution in [-0.2, 0) is 6.54 Å². The summed E-state index contributed by atoms with van der Waals surface area (Å²) in [6.07, 6.45) is 0. The predicted molar refractivity (Wildman–Crippen MR) is 79.8 cm³/mol. The van der Waals surface area contributed by atoms with Crippen molar-refractivity contribution in [3.05, 3.63) is 59.2 Å². The van der Waals surface area contributed by atoms with Gasteiger partial charge in [-0.2, -0.15) is 0 Å². The zero-order chi connectivity index (χ0) is 13.7. The Labute approximate surface area is 115 Å². The molecule has 0 aliphatic heterocycles. The van der Waals surface area contributed by atoms with E-state index in [4.69, 9.17) is 4.74 Å². The van der Waals surface area contributed by atoms with Gasteiger partial charge in [0.05, 0.1) is 0 Å². The van der Waals surface area contributed by atoms with Crippen LogP contribution >= 0.6 is 0 Å². The Bertz CT molecular complexity index is 531. The summed E-state index contributed by atoms with van der Waals surface area (Å²) in [5.74, 6) is 1.81. The lowest BCUT2D eigenvalue weighted by Gasteiger charge is -2.11. The number of hydrogen-bond donors (Lipinski definition) is 1. The molecule has 0 saturated heterocycles. The van der Waals surface area contributed by atoms with Crippen LogP contribution in [0, 0.1) is 13.8 Å². The second-order valence-electron chi connectivity index (χ2n) is 4.80. The van der Waals surface area contributed by atoms with Crippen LogP contribution in [0.4, 0.5) is 0 Å². The van der Waals surface area contributed by atoms with Crippen LogP contribution in [0.1, 0.15) is 23.6 Å². The minimum absolute atomic E-state index is 0.876. The molecular formula is C17H21NO. The van der Waals surface area contributed by atoms with Crippen molar-refractivity contribution in [2.45, 2.75) is 27.3 Å². The first kappa shape index (κ1) is 13.6. The summed E-state index contributed by atoms with van der Waals surface area (Å²) < 4.78 is 5.96. The van der Waals surface area contributed by atoms with Gasteiger partial charge in [-0.1, -0.05) is 36.8 Å². The van der Waals surface area contributed by atoms with Crippen LogP contribution in [0.25, 0.3) is 0 Å². The molecule has 0 fully saturated rings. The van der Waals surface area contributed by atoms with Gasteiger partial charge in [0.15, 0.2) is 0 Å². The predicted octanol–water partition coefficient (Wildman–Crippen LogP) is 4.21. The van der Waals surface area contributed by atoms with Gasteiger partial charge in [-0.25, -0.2) is 0 Å². The zero-order valence-electron chi connectivity index (χ0n) is 11.9. The molecule has 0 aliphatic carbocycles. The molecule has 0 saturated carbocycles. The first-order valence-electron chi connectivity index (χ1n) is 6.74. The third-order valence-electron chi connectivity index (χ3n) is 3.08. The van der Waals surface area contributed by atoms with Crippen LogP contribution < -0.4 is 10.1 Å². The van der Waals surface area contributed by atoms with E-state index in [9.17, 15) is 0 Å². The van der Waals surface area contributed by atoms with Gasteiger partial charge in [-0.3, -0.25) is 0 Å². The highest BCUT2D eigenvalue weighted by atomic mass is 16.5. The highest BCUT2D eigenvalue weighted by Crippen LogP contribution is 2.26. The number of hydrogen-bond acceptors (Lipinski definition) is 2. The molecule has 2 aromatic rings. The molecule has 0 unspecified atom stereocenters. The van der Waals surface area contributed by atoms with E-state index >= 15 is 0 Å². The molecule has 0 radical (unpaired) electrons. The van der Waals surface area contributed by atoms with Crippen LogP contribution in [0.2, 0.25) is 0 Å². The molecule has 2 rings (SSSR count). The van der Waals surface area contributed by atoms with Crippen molar-refractivity contribution >= 4 is 0 Å². The molecule has 2 nitrogen and oxygen atoms in total. The van der Waals surface area contributed by atoms with Gasteiger partial charge in [0.1, 0.15) is 11.5 Å². The number of benzene rings is 2. The Kier molecular flexibility index (Phi) is 4.58. The molecule has 100 valence electrons. The molecule has 2 heteroatoms. The van der Waals surface area contributed by atoms with Crippen molar-refractivity contribution in [2.75, 3.05) is 6.54 Å². The second kappa shape index (κ2) is 6.39. The molecule has 0 amide bonds. The fourth-order valence-corrected chi connectivity index (χ4v) is 1.87. The molecule has 0 heterocycles. The number of aryl methyl sites for hydroxylation is 2. The van der Waals surface area contributed by atoms with E-state index in [1.165, 1.54) is 11.1 Å². The van der Waals surface area contributed by atoms with E-state index in [2.05, 4.69) is 56.4 Å². The quantitative estimate of drug-likeness (QED) is 0.864. The highest BCUT2D eigenvalue weighted by molar-refractivity contribution is 5.40. The van der Waals surface area contributed by atoms with Gasteiger partial charge in [0.2, 0.25) is 0 Å². The lowest BCUT2D eigenvalue weighted by molar-refractivity contribution is 0.477. The lowest BCUT2D eigenvalue weighted by atomic mass is 10.1. The number of nitrogens with one attached hydrogen (secondary N) is 1. The van der Waals surface area contributed by atoms with Crippen LogP contribution in [-0.4, -0.2) is 6.54 Å². The lowest BCUT2D eigenvalue weighted by Crippen LogP contribution is -2.11. The summed E-state index contributed by atoms with van der Waals surface area (Å²) in [5, 5.41) is 3.33. The largest absolute Gasteiger partial charge is 0.457 e. The monoisotopic (exact) mass is 255 g/mol. The average molecular weight is 255 g/mol. The van der Waals surface area contributed by atoms with Crippen molar-refractivity contribution in [1.82, 2.24) is 5.32 Å². The molecule has 1 N–H and O–H groups in total. The summed E-state index contributed by atoms with van der Waals surface area (Å²) in [5.41, 5.74) is 3.64. The molecule has 0 aromatic heterocycles. The molecule has 0 atom stereocenters. The molecule has 0 aliphatic rings. The van der Waals surface area contributed by atoms with Crippen LogP contribution in [0.5, 0.6) is 11.5 Å². The van der Waals surface area contributed by atoms with E-state index in [0.717, 1.165) is 30.2 Å². The first-order chi connectivity index (χ1) is 9.19. The van der Waals surface area contributed by atoms with Crippen molar-refractivity contribution in [1.29, 1.82) is 0 Å². The average Bonchev–Trinajstić information content (AvgIpc) is 2.42. The third-order valence-corrected chi connectivity index (χ3v) is 3.08. The molecule has 19 heavy (non-hydrogen) atoms. The summed E-state index contributed by atoms with van der Waals surface area (Å²) in [6, 6.07) is 14.5. The van der Waals surface area contributed by atoms with Crippen molar-refractivity contribution in [3.8, 4) is 11.5 Å². The SMILES string of the molecule is CCNCc1ccc(C)c(Oc2ccc(C)cc2)c1. The van der Waals surface area contributed by atoms with Crippen LogP contribution in [0.3, 0.4) is 0 Å². The topological polar surface area (TPSA) is 21.3 Å². The Morgan fingerprint density at radius 1 is 1.00 bits per heavy atom. The second-order valence-corrected chi connectivity index (χ2v) is 4.80. The molecule has 2 aromatic carbocycles. The van der Waals surface area contributed by atoms with E-state index in [1.54, 1.807) is 0 Å². The van der Waals surface area contributed by atoms with Gasteiger partial charge in [0, 0.05) is 6.54 Å². The Hall–Kier alpha value is -1.80. The molecular weight excluding hydrogens is 234 g/mol. The van der Waals surface area contributed by atoms with Crippen molar-refractivity contribution in [2.24, 2.45) is 0 Å². The summed E-state index contributed by atoms with van der Waals surface area (Å²) >= 11 is 0. The molecule has 0 spiro atoms. The van der Waals surface area contributed by atoms with Crippen molar-refractivity contribution < 1.29 is 4.74 Å². The first-order valence-corrected chi connectivity index (χ1v) is 6.74. The fraction of sp³-hybridized carbons (Fsp3) is 0.294. The van der Waals surface area contributed by atoms with Gasteiger partial charge < -0.3 is 10.1 Å². The Balaban J connectivity index is 2.16. The van der Waals surface area contributed by atoms with E-state index in [1.807, 2.05) is 12.1 Å². The smallest absolute Gasteiger partial charge is 0.130 e. The summed E-state index contributed by atoms with van der Waals surface area (Å²) in [6.45, 7) is 8.10. The minimum Gasteiger partial charge on any atom is -0.457 e. The van der Waals surface area contributed by atoms with Crippen LogP contribution in [0.15, 0.2) is 42.5 Å². The fourth-order valence-electron chi connectivity index (χ4n) is 1.87. The maximum atomic E-state index is 5.96. The van der Waals surface area contributed by atoms with Gasteiger partial charge in [-0.15, -0.1) is 0 Å². The standard InChI is InChI=1S/C17H21NO/c1-4-18-12-15-8-7-14(3)17(11-15)19-16-9-5-13(2)6-10-16/h5-11,18H,4,12H2,1-3H3. The maximum Gasteiger partial charge on any atom is 0.130 e. The Morgan fingerprint density at radius 2 is 1.74 bits per heavy atom. The third kappa shape index (κ3) is 3.83. The zero-order valence-corrected chi connectivity index (χ0v) is 11.9. The van der Waals surface area contributed by atoms with Crippen molar-refractivity contribution in [3.63, 3.8) is 0 Å². The normalized spacial score (nSPS) is 10.5.